The van der Waals surface area contributed by atoms with Crippen LogP contribution in [0.1, 0.15) is 12.8 Å². The van der Waals surface area contributed by atoms with Gasteiger partial charge < -0.3 is 10.5 Å². The molecule has 0 atom stereocenters. The van der Waals surface area contributed by atoms with Crippen LogP contribution in [0.2, 0.25) is 0 Å². The lowest BCUT2D eigenvalue weighted by Crippen LogP contribution is -2.45. The van der Waals surface area contributed by atoms with E-state index in [1.807, 2.05) is 0 Å². The fourth-order valence-corrected chi connectivity index (χ4v) is 3.24. The minimum Gasteiger partial charge on any atom is -0.469 e. The van der Waals surface area contributed by atoms with Gasteiger partial charge in [-0.05, 0) is 12.8 Å². The summed E-state index contributed by atoms with van der Waals surface area (Å²) in [6.07, 6.45) is 0.553. The van der Waals surface area contributed by atoms with E-state index in [-0.39, 0.29) is 30.9 Å². The van der Waals surface area contributed by atoms with Crippen molar-refractivity contribution in [3.63, 3.8) is 0 Å². The molecule has 0 aromatic rings. The normalized spacial score (nSPS) is 24.1. The predicted molar refractivity (Wildman–Crippen MR) is 51.4 cm³/mol. The van der Waals surface area contributed by atoms with Crippen LogP contribution in [0.5, 0.6) is 0 Å². The molecule has 0 aromatic heterocycles. The lowest BCUT2D eigenvalue weighted by Gasteiger charge is -2.32. The fraction of sp³-hybridized carbons (Fsp3) is 0.875. The first-order valence-electron chi connectivity index (χ1n) is 4.45. The predicted octanol–water partition coefficient (Wildman–Crippen LogP) is -0.687. The van der Waals surface area contributed by atoms with Crippen LogP contribution in [0.25, 0.3) is 0 Å². The average Bonchev–Trinajstić information content (AvgIpc) is 2.18. The van der Waals surface area contributed by atoms with Gasteiger partial charge in [-0.25, -0.2) is 8.42 Å². The molecule has 1 aliphatic heterocycles. The largest absolute Gasteiger partial charge is 0.469 e. The number of hydrogen-bond donors (Lipinski definition) is 1. The van der Waals surface area contributed by atoms with Crippen LogP contribution < -0.4 is 5.73 Å². The Balaban J connectivity index is 2.81. The number of esters is 1. The van der Waals surface area contributed by atoms with Crippen molar-refractivity contribution in [2.75, 3.05) is 25.2 Å². The Morgan fingerprint density at radius 3 is 2.29 bits per heavy atom. The maximum absolute atomic E-state index is 11.4. The van der Waals surface area contributed by atoms with Crippen LogP contribution in [-0.4, -0.2) is 39.5 Å². The number of carbonyl (C=O) groups excluding carboxylic acids is 1. The second-order valence-electron chi connectivity index (χ2n) is 3.63. The number of nitrogens with two attached hydrogens (primary N) is 1. The molecule has 1 rings (SSSR count). The van der Waals surface area contributed by atoms with Crippen molar-refractivity contribution in [1.82, 2.24) is 0 Å². The zero-order valence-corrected chi connectivity index (χ0v) is 8.97. The lowest BCUT2D eigenvalue weighted by molar-refractivity contribution is -0.152. The molecule has 82 valence electrons. The van der Waals surface area contributed by atoms with E-state index in [2.05, 4.69) is 4.74 Å². The van der Waals surface area contributed by atoms with Gasteiger partial charge in [0.05, 0.1) is 24.0 Å². The molecular weight excluding hydrogens is 206 g/mol. The average molecular weight is 221 g/mol. The molecule has 0 amide bonds. The Morgan fingerprint density at radius 1 is 1.43 bits per heavy atom. The molecule has 0 bridgehead atoms. The molecule has 1 heterocycles. The summed E-state index contributed by atoms with van der Waals surface area (Å²) in [5.74, 6) is -0.339. The van der Waals surface area contributed by atoms with E-state index in [0.717, 1.165) is 0 Å². The number of rotatable bonds is 2. The topological polar surface area (TPSA) is 86.5 Å². The summed E-state index contributed by atoms with van der Waals surface area (Å²) in [6, 6.07) is 0. The van der Waals surface area contributed by atoms with Crippen LogP contribution in [0, 0.1) is 5.41 Å². The summed E-state index contributed by atoms with van der Waals surface area (Å²) < 4.78 is 27.0. The van der Waals surface area contributed by atoms with Gasteiger partial charge in [-0.15, -0.1) is 0 Å². The number of methoxy groups -OCH3 is 1. The first-order chi connectivity index (χ1) is 6.46. The molecule has 1 fully saturated rings. The maximum Gasteiger partial charge on any atom is 0.313 e. The van der Waals surface area contributed by atoms with Gasteiger partial charge in [-0.3, -0.25) is 4.79 Å². The van der Waals surface area contributed by atoms with Crippen molar-refractivity contribution in [3.05, 3.63) is 0 Å². The van der Waals surface area contributed by atoms with Crippen LogP contribution >= 0.6 is 0 Å². The fourth-order valence-electron chi connectivity index (χ4n) is 1.64. The first-order valence-corrected chi connectivity index (χ1v) is 6.27. The first kappa shape index (κ1) is 11.5. The van der Waals surface area contributed by atoms with Crippen molar-refractivity contribution in [1.29, 1.82) is 0 Å². The molecule has 1 aliphatic rings. The highest BCUT2D eigenvalue weighted by atomic mass is 32.2. The molecule has 14 heavy (non-hydrogen) atoms. The molecule has 0 aliphatic carbocycles. The van der Waals surface area contributed by atoms with Gasteiger partial charge in [0, 0.05) is 6.54 Å². The van der Waals surface area contributed by atoms with Crippen molar-refractivity contribution in [2.45, 2.75) is 12.8 Å². The molecule has 5 nitrogen and oxygen atoms in total. The summed E-state index contributed by atoms with van der Waals surface area (Å²) >= 11 is 0. The van der Waals surface area contributed by atoms with E-state index >= 15 is 0 Å². The Bertz CT molecular complexity index is 308. The molecule has 0 radical (unpaired) electrons. The van der Waals surface area contributed by atoms with Crippen LogP contribution in [0.4, 0.5) is 0 Å². The highest BCUT2D eigenvalue weighted by Gasteiger charge is 2.43. The monoisotopic (exact) mass is 221 g/mol. The summed E-state index contributed by atoms with van der Waals surface area (Å²) in [7, 11) is -1.67. The standard InChI is InChI=1S/C8H15NO4S/c1-13-7(10)8(6-9)2-4-14(11,12)5-3-8/h2-6,9H2,1H3. The zero-order valence-electron chi connectivity index (χ0n) is 8.15. The van der Waals surface area contributed by atoms with Gasteiger partial charge in [-0.2, -0.15) is 0 Å². The number of carbonyl (C=O) groups is 1. The van der Waals surface area contributed by atoms with Crippen molar-refractivity contribution < 1.29 is 17.9 Å². The van der Waals surface area contributed by atoms with Crippen molar-refractivity contribution >= 4 is 15.8 Å². The third kappa shape index (κ3) is 2.06. The smallest absolute Gasteiger partial charge is 0.313 e. The minimum absolute atomic E-state index is 0.0271. The molecule has 2 N–H and O–H groups in total. The second-order valence-corrected chi connectivity index (χ2v) is 5.93. The SMILES string of the molecule is COC(=O)C1(CN)CCS(=O)(=O)CC1. The van der Waals surface area contributed by atoms with E-state index in [1.165, 1.54) is 7.11 Å². The van der Waals surface area contributed by atoms with Crippen molar-refractivity contribution in [3.8, 4) is 0 Å². The third-order valence-corrected chi connectivity index (χ3v) is 4.44. The summed E-state index contributed by atoms with van der Waals surface area (Å²) in [4.78, 5) is 11.4. The number of hydrogen-bond acceptors (Lipinski definition) is 5. The second kappa shape index (κ2) is 3.86. The highest BCUT2D eigenvalue weighted by molar-refractivity contribution is 7.91. The molecule has 0 saturated carbocycles. The van der Waals surface area contributed by atoms with Gasteiger partial charge in [0.2, 0.25) is 0 Å². The third-order valence-electron chi connectivity index (χ3n) is 2.79. The maximum atomic E-state index is 11.4. The van der Waals surface area contributed by atoms with Gasteiger partial charge in [0.25, 0.3) is 0 Å². The minimum atomic E-state index is -2.97. The quantitative estimate of drug-likeness (QED) is 0.624. The Labute approximate surface area is 83.5 Å². The lowest BCUT2D eigenvalue weighted by atomic mass is 9.82. The summed E-state index contributed by atoms with van der Waals surface area (Å²) in [5.41, 5.74) is 4.73. The molecule has 6 heteroatoms. The zero-order chi connectivity index (χ0) is 10.8. The summed E-state index contributed by atoms with van der Waals surface area (Å²) in [6.45, 7) is 0.148. The van der Waals surface area contributed by atoms with Gasteiger partial charge in [0.1, 0.15) is 9.84 Å². The number of ether oxygens (including phenoxy) is 1. The Morgan fingerprint density at radius 2 is 1.93 bits per heavy atom. The molecular formula is C8H15NO4S. The molecule has 0 aromatic carbocycles. The van der Waals surface area contributed by atoms with Gasteiger partial charge in [0.15, 0.2) is 0 Å². The van der Waals surface area contributed by atoms with E-state index in [4.69, 9.17) is 5.73 Å². The van der Waals surface area contributed by atoms with Crippen molar-refractivity contribution in [2.24, 2.45) is 11.1 Å². The molecule has 1 saturated heterocycles. The summed E-state index contributed by atoms with van der Waals surface area (Å²) in [5, 5.41) is 0. The van der Waals surface area contributed by atoms with E-state index in [1.54, 1.807) is 0 Å². The molecule has 0 spiro atoms. The van der Waals surface area contributed by atoms with Gasteiger partial charge in [-0.1, -0.05) is 0 Å². The Kier molecular flexibility index (Phi) is 3.16. The highest BCUT2D eigenvalue weighted by Crippen LogP contribution is 2.32. The molecule has 0 unspecified atom stereocenters. The van der Waals surface area contributed by atoms with Crippen LogP contribution in [0.3, 0.4) is 0 Å². The van der Waals surface area contributed by atoms with E-state index < -0.39 is 21.2 Å². The van der Waals surface area contributed by atoms with E-state index in [9.17, 15) is 13.2 Å². The Hall–Kier alpha value is -0.620. The van der Waals surface area contributed by atoms with E-state index in [0.29, 0.717) is 0 Å². The van der Waals surface area contributed by atoms with Crippen LogP contribution in [-0.2, 0) is 19.4 Å². The van der Waals surface area contributed by atoms with Gasteiger partial charge >= 0.3 is 5.97 Å². The number of sulfone groups is 1. The van der Waals surface area contributed by atoms with Crippen LogP contribution in [0.15, 0.2) is 0 Å².